The summed E-state index contributed by atoms with van der Waals surface area (Å²) in [7, 11) is 0. The van der Waals surface area contributed by atoms with Gasteiger partial charge in [-0.2, -0.15) is 5.10 Å². The summed E-state index contributed by atoms with van der Waals surface area (Å²) in [5.41, 5.74) is 2.75. The Hall–Kier alpha value is -4.34. The van der Waals surface area contributed by atoms with Gasteiger partial charge in [-0.15, -0.1) is 0 Å². The van der Waals surface area contributed by atoms with Crippen LogP contribution in [0.3, 0.4) is 0 Å². The fourth-order valence-corrected chi connectivity index (χ4v) is 3.85. The van der Waals surface area contributed by atoms with E-state index < -0.39 is 4.92 Å². The van der Waals surface area contributed by atoms with Crippen LogP contribution in [0.5, 0.6) is 11.5 Å². The fraction of sp³-hybridized carbons (Fsp3) is 0.217. The van der Waals surface area contributed by atoms with E-state index in [1.807, 2.05) is 13.0 Å². The summed E-state index contributed by atoms with van der Waals surface area (Å²) in [6, 6.07) is 9.48. The number of carbonyl (C=O) groups is 1. The second kappa shape index (κ2) is 8.30. The molecule has 1 saturated carbocycles. The zero-order valence-corrected chi connectivity index (χ0v) is 17.8. The van der Waals surface area contributed by atoms with E-state index >= 15 is 0 Å². The van der Waals surface area contributed by atoms with Crippen molar-refractivity contribution in [2.24, 2.45) is 0 Å². The summed E-state index contributed by atoms with van der Waals surface area (Å²) in [4.78, 5) is 32.0. The molecular weight excluding hydrogens is 424 g/mol. The zero-order valence-electron chi connectivity index (χ0n) is 17.8. The van der Waals surface area contributed by atoms with Crippen LogP contribution in [0, 0.1) is 17.0 Å². The van der Waals surface area contributed by atoms with Crippen molar-refractivity contribution in [3.05, 3.63) is 76.4 Å². The first kappa shape index (κ1) is 20.6. The monoisotopic (exact) mass is 444 g/mol. The first-order valence-corrected chi connectivity index (χ1v) is 10.5. The van der Waals surface area contributed by atoms with E-state index in [4.69, 9.17) is 4.74 Å². The van der Waals surface area contributed by atoms with Crippen molar-refractivity contribution >= 4 is 28.3 Å². The van der Waals surface area contributed by atoms with Gasteiger partial charge >= 0.3 is 0 Å². The number of carbonyl (C=O) groups excluding carboxylic acids is 1. The first-order chi connectivity index (χ1) is 16.0. The average molecular weight is 444 g/mol. The van der Waals surface area contributed by atoms with Crippen molar-refractivity contribution in [2.75, 3.05) is 5.32 Å². The van der Waals surface area contributed by atoms with Crippen LogP contribution in [0.2, 0.25) is 0 Å². The maximum atomic E-state index is 12.8. The number of pyridine rings is 2. The number of rotatable bonds is 7. The highest BCUT2D eigenvalue weighted by atomic mass is 16.6. The molecule has 3 aromatic heterocycles. The maximum Gasteiger partial charge on any atom is 0.275 e. The number of benzene rings is 1. The molecule has 5 rings (SSSR count). The van der Waals surface area contributed by atoms with Crippen LogP contribution in [-0.4, -0.2) is 30.6 Å². The molecule has 1 fully saturated rings. The molecular formula is C23H20N6O4. The van der Waals surface area contributed by atoms with Crippen LogP contribution in [0.4, 0.5) is 11.4 Å². The molecule has 0 unspecified atom stereocenters. The lowest BCUT2D eigenvalue weighted by molar-refractivity contribution is -0.384. The van der Waals surface area contributed by atoms with E-state index in [2.05, 4.69) is 20.4 Å². The topological polar surface area (TPSA) is 125 Å². The lowest BCUT2D eigenvalue weighted by Crippen LogP contribution is -2.20. The summed E-state index contributed by atoms with van der Waals surface area (Å²) in [6.45, 7) is 1.83. The van der Waals surface area contributed by atoms with Crippen LogP contribution >= 0.6 is 0 Å². The second-order valence-corrected chi connectivity index (χ2v) is 7.93. The maximum absolute atomic E-state index is 12.8. The smallest absolute Gasteiger partial charge is 0.275 e. The van der Waals surface area contributed by atoms with Crippen molar-refractivity contribution in [3.63, 3.8) is 0 Å². The standard InChI is InChI=1S/C23H20N6O4/c1-14-22-20(15-4-5-15)6-8-25-23(22)28(27-14)13-21(30)26-16-9-17(29(31)32)11-19(10-16)33-18-3-2-7-24-12-18/h2-3,6-12,15H,4-5,13H2,1H3,(H,26,30). The number of hydrogen-bond acceptors (Lipinski definition) is 7. The molecule has 0 aliphatic heterocycles. The minimum Gasteiger partial charge on any atom is -0.455 e. The van der Waals surface area contributed by atoms with E-state index in [0.717, 1.165) is 23.9 Å². The number of non-ortho nitro benzene ring substituents is 1. The SMILES string of the molecule is Cc1nn(CC(=O)Nc2cc(Oc3cccnc3)cc([N+](=O)[O-])c2)c2nccc(C3CC3)c12. The minimum absolute atomic E-state index is 0.0764. The number of nitrogens with zero attached hydrogens (tertiary/aromatic N) is 5. The molecule has 166 valence electrons. The van der Waals surface area contributed by atoms with Crippen molar-refractivity contribution in [2.45, 2.75) is 32.2 Å². The quantitative estimate of drug-likeness (QED) is 0.332. The number of amides is 1. The Bertz CT molecular complexity index is 1360. The number of anilines is 1. The molecule has 0 bridgehead atoms. The number of nitro groups is 1. The number of aryl methyl sites for hydroxylation is 1. The number of ether oxygens (including phenoxy) is 1. The van der Waals surface area contributed by atoms with Gasteiger partial charge in [0.1, 0.15) is 18.0 Å². The Morgan fingerprint density at radius 1 is 1.24 bits per heavy atom. The number of aromatic nitrogens is 4. The van der Waals surface area contributed by atoms with E-state index in [-0.39, 0.29) is 29.6 Å². The normalized spacial score (nSPS) is 13.1. The van der Waals surface area contributed by atoms with E-state index in [1.165, 1.54) is 30.0 Å². The van der Waals surface area contributed by atoms with Crippen LogP contribution < -0.4 is 10.1 Å². The number of fused-ring (bicyclic) bond motifs is 1. The number of nitro benzene ring substituents is 1. The van der Waals surface area contributed by atoms with Gasteiger partial charge in [0, 0.05) is 29.9 Å². The molecule has 1 amide bonds. The largest absolute Gasteiger partial charge is 0.455 e. The molecule has 0 radical (unpaired) electrons. The van der Waals surface area contributed by atoms with Crippen LogP contribution in [0.25, 0.3) is 11.0 Å². The van der Waals surface area contributed by atoms with E-state index in [9.17, 15) is 14.9 Å². The van der Waals surface area contributed by atoms with Crippen LogP contribution in [0.15, 0.2) is 55.0 Å². The van der Waals surface area contributed by atoms with Crippen LogP contribution in [0.1, 0.15) is 30.0 Å². The number of nitrogens with one attached hydrogen (secondary N) is 1. The summed E-state index contributed by atoms with van der Waals surface area (Å²) in [5, 5.41) is 19.6. The van der Waals surface area contributed by atoms with Gasteiger partial charge in [-0.05, 0) is 49.4 Å². The molecule has 1 aromatic carbocycles. The lowest BCUT2D eigenvalue weighted by Gasteiger charge is -2.10. The highest BCUT2D eigenvalue weighted by Crippen LogP contribution is 2.43. The highest BCUT2D eigenvalue weighted by Gasteiger charge is 2.27. The summed E-state index contributed by atoms with van der Waals surface area (Å²) >= 11 is 0. The van der Waals surface area contributed by atoms with Gasteiger partial charge in [0.05, 0.1) is 28.6 Å². The fourth-order valence-electron chi connectivity index (χ4n) is 3.85. The molecule has 0 atom stereocenters. The molecule has 1 aliphatic rings. The van der Waals surface area contributed by atoms with Gasteiger partial charge < -0.3 is 10.1 Å². The third kappa shape index (κ3) is 4.36. The molecule has 3 heterocycles. The van der Waals surface area contributed by atoms with E-state index in [1.54, 1.807) is 29.2 Å². The molecule has 1 N–H and O–H groups in total. The molecule has 1 aliphatic carbocycles. The van der Waals surface area contributed by atoms with Gasteiger partial charge in [0.25, 0.3) is 5.69 Å². The lowest BCUT2D eigenvalue weighted by atomic mass is 10.1. The van der Waals surface area contributed by atoms with Crippen molar-refractivity contribution in [1.82, 2.24) is 19.7 Å². The zero-order chi connectivity index (χ0) is 22.9. The molecule has 4 aromatic rings. The Morgan fingerprint density at radius 2 is 2.09 bits per heavy atom. The number of hydrogen-bond donors (Lipinski definition) is 1. The molecule has 10 heteroatoms. The third-order valence-corrected chi connectivity index (χ3v) is 5.41. The molecule has 0 spiro atoms. The third-order valence-electron chi connectivity index (χ3n) is 5.41. The van der Waals surface area contributed by atoms with Gasteiger partial charge in [-0.1, -0.05) is 0 Å². The summed E-state index contributed by atoms with van der Waals surface area (Å²) in [6.07, 6.45) is 7.13. The highest BCUT2D eigenvalue weighted by molar-refractivity contribution is 5.92. The van der Waals surface area contributed by atoms with E-state index in [0.29, 0.717) is 17.3 Å². The Balaban J connectivity index is 1.38. The Morgan fingerprint density at radius 3 is 2.82 bits per heavy atom. The Labute approximate surface area is 188 Å². The predicted octanol–water partition coefficient (Wildman–Crippen LogP) is 4.35. The molecule has 0 saturated heterocycles. The first-order valence-electron chi connectivity index (χ1n) is 10.5. The van der Waals surface area contributed by atoms with Gasteiger partial charge in [-0.3, -0.25) is 19.9 Å². The van der Waals surface area contributed by atoms with Gasteiger partial charge in [0.15, 0.2) is 5.65 Å². The average Bonchev–Trinajstić information content (AvgIpc) is 3.59. The van der Waals surface area contributed by atoms with Crippen molar-refractivity contribution < 1.29 is 14.5 Å². The molecule has 33 heavy (non-hydrogen) atoms. The van der Waals surface area contributed by atoms with Gasteiger partial charge in [0.2, 0.25) is 5.91 Å². The predicted molar refractivity (Wildman–Crippen MR) is 120 cm³/mol. The van der Waals surface area contributed by atoms with Crippen molar-refractivity contribution in [3.8, 4) is 11.5 Å². The van der Waals surface area contributed by atoms with Gasteiger partial charge in [-0.25, -0.2) is 9.67 Å². The summed E-state index contributed by atoms with van der Waals surface area (Å²) in [5.74, 6) is 0.782. The van der Waals surface area contributed by atoms with Crippen molar-refractivity contribution in [1.29, 1.82) is 0 Å². The minimum atomic E-state index is -0.542. The Kier molecular flexibility index (Phi) is 5.17. The summed E-state index contributed by atoms with van der Waals surface area (Å²) < 4.78 is 7.23. The van der Waals surface area contributed by atoms with Crippen LogP contribution in [-0.2, 0) is 11.3 Å². The molecule has 10 nitrogen and oxygen atoms in total. The second-order valence-electron chi connectivity index (χ2n) is 7.93.